The average molecular weight is 428 g/mol. The molecule has 6 nitrogen and oxygen atoms in total. The lowest BCUT2D eigenvalue weighted by atomic mass is 9.84. The van der Waals surface area contributed by atoms with Gasteiger partial charge in [-0.1, -0.05) is 61.5 Å². The number of ketones is 2. The van der Waals surface area contributed by atoms with E-state index in [1.54, 1.807) is 42.5 Å². The average Bonchev–Trinajstić information content (AvgIpc) is 2.82. The van der Waals surface area contributed by atoms with Crippen LogP contribution < -0.4 is 16.4 Å². The summed E-state index contributed by atoms with van der Waals surface area (Å²) in [6.07, 6.45) is 0.679. The van der Waals surface area contributed by atoms with Crippen LogP contribution >= 0.6 is 0 Å². The molecule has 0 radical (unpaired) electrons. The van der Waals surface area contributed by atoms with E-state index in [1.807, 2.05) is 37.3 Å². The van der Waals surface area contributed by atoms with E-state index in [2.05, 4.69) is 10.6 Å². The van der Waals surface area contributed by atoms with Crippen LogP contribution in [0.3, 0.4) is 0 Å². The van der Waals surface area contributed by atoms with Crippen molar-refractivity contribution in [2.75, 3.05) is 5.32 Å². The first kappa shape index (κ1) is 21.5. The molecule has 4 rings (SSSR count). The summed E-state index contributed by atoms with van der Waals surface area (Å²) in [7, 11) is 0. The molecule has 0 bridgehead atoms. The molecule has 1 unspecified atom stereocenters. The molecule has 1 aliphatic carbocycles. The van der Waals surface area contributed by atoms with Crippen molar-refractivity contribution in [1.29, 1.82) is 0 Å². The highest BCUT2D eigenvalue weighted by Crippen LogP contribution is 2.29. The quantitative estimate of drug-likeness (QED) is 0.393. The summed E-state index contributed by atoms with van der Waals surface area (Å²) in [5, 5.41) is 6.16. The van der Waals surface area contributed by atoms with Gasteiger partial charge in [0.25, 0.3) is 0 Å². The molecule has 0 aromatic heterocycles. The number of rotatable bonds is 7. The maximum atomic E-state index is 12.9. The number of carbonyl (C=O) groups is 3. The monoisotopic (exact) mass is 427 g/mol. The van der Waals surface area contributed by atoms with Crippen LogP contribution in [0.2, 0.25) is 0 Å². The number of hydrogen-bond donors (Lipinski definition) is 3. The number of nitrogens with two attached hydrogens (primary N) is 1. The molecule has 0 spiro atoms. The Morgan fingerprint density at radius 2 is 1.44 bits per heavy atom. The summed E-state index contributed by atoms with van der Waals surface area (Å²) in [5.41, 5.74) is 9.33. The maximum Gasteiger partial charge on any atom is 0.238 e. The number of anilines is 1. The first-order valence-corrected chi connectivity index (χ1v) is 10.7. The zero-order valence-electron chi connectivity index (χ0n) is 17.8. The van der Waals surface area contributed by atoms with Crippen LogP contribution in [0.15, 0.2) is 72.8 Å². The second kappa shape index (κ2) is 9.16. The van der Waals surface area contributed by atoms with Crippen molar-refractivity contribution in [3.8, 4) is 0 Å². The Hall–Kier alpha value is -3.77. The fourth-order valence-corrected chi connectivity index (χ4v) is 3.87. The smallest absolute Gasteiger partial charge is 0.238 e. The highest BCUT2D eigenvalue weighted by Gasteiger charge is 2.29. The number of fused-ring (bicyclic) bond motifs is 2. The van der Waals surface area contributed by atoms with E-state index < -0.39 is 6.04 Å². The number of benzene rings is 3. The second-order valence-electron chi connectivity index (χ2n) is 7.87. The van der Waals surface area contributed by atoms with Gasteiger partial charge in [-0.2, -0.15) is 0 Å². The molecule has 4 N–H and O–H groups in total. The maximum absolute atomic E-state index is 12.9. The van der Waals surface area contributed by atoms with E-state index in [0.717, 1.165) is 5.56 Å². The van der Waals surface area contributed by atoms with E-state index in [4.69, 9.17) is 5.73 Å². The second-order valence-corrected chi connectivity index (χ2v) is 7.87. The molecule has 1 amide bonds. The fourth-order valence-electron chi connectivity index (χ4n) is 3.87. The molecule has 0 aliphatic heterocycles. The van der Waals surface area contributed by atoms with E-state index >= 15 is 0 Å². The normalized spacial score (nSPS) is 14.2. The van der Waals surface area contributed by atoms with Gasteiger partial charge in [-0.15, -0.1) is 0 Å². The van der Waals surface area contributed by atoms with Crippen LogP contribution in [0, 0.1) is 0 Å². The molecule has 3 aromatic rings. The Labute approximate surface area is 186 Å². The summed E-state index contributed by atoms with van der Waals surface area (Å²) in [4.78, 5) is 38.3. The molecule has 0 saturated carbocycles. The third kappa shape index (κ3) is 4.31. The van der Waals surface area contributed by atoms with Crippen LogP contribution in [-0.2, 0) is 11.2 Å². The summed E-state index contributed by atoms with van der Waals surface area (Å²) < 4.78 is 0. The minimum atomic E-state index is -0.674. The zero-order chi connectivity index (χ0) is 22.7. The summed E-state index contributed by atoms with van der Waals surface area (Å²) in [6, 6.07) is 20.9. The fraction of sp³-hybridized carbons (Fsp3) is 0.192. The molecule has 1 aliphatic rings. The van der Waals surface area contributed by atoms with Gasteiger partial charge in [0.05, 0.1) is 12.2 Å². The first-order chi connectivity index (χ1) is 15.5. The molecular formula is C26H25N3O3. The van der Waals surface area contributed by atoms with Crippen molar-refractivity contribution in [3.05, 3.63) is 101 Å². The Morgan fingerprint density at radius 3 is 2.09 bits per heavy atom. The van der Waals surface area contributed by atoms with Crippen molar-refractivity contribution in [3.63, 3.8) is 0 Å². The Balaban J connectivity index is 1.47. The number of amides is 1. The van der Waals surface area contributed by atoms with Crippen LogP contribution in [0.4, 0.5) is 5.69 Å². The standard InChI is InChI=1S/C26H25N3O3/c1-2-23(29-26(32)22(27)14-16-8-4-3-5-9-16)28-17-12-13-20-21(15-17)25(31)19-11-7-6-10-18(19)24(20)30/h3-13,15,22-23,28H,2,14,27H2,1H3,(H,29,32)/t22-,23?/m0/s1. The topological polar surface area (TPSA) is 101 Å². The molecule has 0 heterocycles. The van der Waals surface area contributed by atoms with E-state index in [9.17, 15) is 14.4 Å². The van der Waals surface area contributed by atoms with Crippen LogP contribution in [-0.4, -0.2) is 29.7 Å². The Bertz CT molecular complexity index is 1170. The lowest BCUT2D eigenvalue weighted by Gasteiger charge is -2.23. The first-order valence-electron chi connectivity index (χ1n) is 10.7. The number of nitrogens with one attached hydrogen (secondary N) is 2. The van der Waals surface area contributed by atoms with Gasteiger partial charge >= 0.3 is 0 Å². The predicted molar refractivity (Wildman–Crippen MR) is 124 cm³/mol. The Kier molecular flexibility index (Phi) is 6.14. The van der Waals surface area contributed by atoms with E-state index in [0.29, 0.717) is 40.8 Å². The highest BCUT2D eigenvalue weighted by atomic mass is 16.2. The molecule has 2 atom stereocenters. The van der Waals surface area contributed by atoms with Gasteiger partial charge in [0.1, 0.15) is 0 Å². The van der Waals surface area contributed by atoms with Crippen LogP contribution in [0.5, 0.6) is 0 Å². The van der Waals surface area contributed by atoms with Gasteiger partial charge < -0.3 is 16.4 Å². The highest BCUT2D eigenvalue weighted by molar-refractivity contribution is 6.28. The van der Waals surface area contributed by atoms with Gasteiger partial charge in [-0.3, -0.25) is 14.4 Å². The largest absolute Gasteiger partial charge is 0.365 e. The van der Waals surface area contributed by atoms with Gasteiger partial charge in [-0.05, 0) is 36.6 Å². The zero-order valence-corrected chi connectivity index (χ0v) is 17.8. The van der Waals surface area contributed by atoms with Crippen LogP contribution in [0.1, 0.15) is 50.8 Å². The van der Waals surface area contributed by atoms with Gasteiger partial charge in [-0.25, -0.2) is 0 Å². The molecule has 0 fully saturated rings. The molecule has 162 valence electrons. The lowest BCUT2D eigenvalue weighted by Crippen LogP contribution is -2.48. The van der Waals surface area contributed by atoms with Crippen LogP contribution in [0.25, 0.3) is 0 Å². The predicted octanol–water partition coefficient (Wildman–Crippen LogP) is 3.30. The number of hydrogen-bond acceptors (Lipinski definition) is 5. The van der Waals surface area contributed by atoms with Gasteiger partial charge in [0.15, 0.2) is 11.6 Å². The third-order valence-electron chi connectivity index (χ3n) is 5.63. The van der Waals surface area contributed by atoms with Crippen molar-refractivity contribution in [1.82, 2.24) is 5.32 Å². The van der Waals surface area contributed by atoms with Crippen molar-refractivity contribution >= 4 is 23.2 Å². The summed E-state index contributed by atoms with van der Waals surface area (Å²) in [5.74, 6) is -0.596. The van der Waals surface area contributed by atoms with E-state index in [1.165, 1.54) is 0 Å². The SMILES string of the molecule is CCC(NC(=O)[C@@H](N)Cc1ccccc1)Nc1ccc2c(c1)C(=O)c1ccccc1C2=O. The minimum absolute atomic E-state index is 0.158. The number of carbonyl (C=O) groups excluding carboxylic acids is 3. The van der Waals surface area contributed by atoms with Gasteiger partial charge in [0, 0.05) is 27.9 Å². The van der Waals surface area contributed by atoms with E-state index in [-0.39, 0.29) is 23.6 Å². The third-order valence-corrected chi connectivity index (χ3v) is 5.63. The van der Waals surface area contributed by atoms with Gasteiger partial charge in [0.2, 0.25) is 5.91 Å². The lowest BCUT2D eigenvalue weighted by molar-refractivity contribution is -0.122. The molecule has 32 heavy (non-hydrogen) atoms. The molecular weight excluding hydrogens is 402 g/mol. The van der Waals surface area contributed by atoms with Crippen molar-refractivity contribution < 1.29 is 14.4 Å². The van der Waals surface area contributed by atoms with Crippen molar-refractivity contribution in [2.45, 2.75) is 32.0 Å². The van der Waals surface area contributed by atoms with Crippen molar-refractivity contribution in [2.24, 2.45) is 5.73 Å². The molecule has 0 saturated heterocycles. The Morgan fingerprint density at radius 1 is 0.844 bits per heavy atom. The summed E-state index contributed by atoms with van der Waals surface area (Å²) in [6.45, 7) is 1.93. The summed E-state index contributed by atoms with van der Waals surface area (Å²) >= 11 is 0. The molecule has 6 heteroatoms. The minimum Gasteiger partial charge on any atom is -0.365 e. The molecule has 3 aromatic carbocycles.